The molecule has 0 saturated heterocycles. The average molecular weight is 328 g/mol. The van der Waals surface area contributed by atoms with Gasteiger partial charge in [-0.2, -0.15) is 0 Å². The first-order chi connectivity index (χ1) is 9.22. The van der Waals surface area contributed by atoms with E-state index in [1.807, 2.05) is 24.3 Å². The van der Waals surface area contributed by atoms with Crippen LogP contribution in [0.25, 0.3) is 0 Å². The SMILES string of the molecule is CC(=O)Nc1ccc(OCCCCCCCBr)cc1. The van der Waals surface area contributed by atoms with Gasteiger partial charge in [-0.3, -0.25) is 4.79 Å². The Kier molecular flexibility index (Phi) is 8.30. The molecule has 0 radical (unpaired) electrons. The molecule has 0 heterocycles. The molecular formula is C15H22BrNO2. The lowest BCUT2D eigenvalue weighted by Crippen LogP contribution is -2.05. The Morgan fingerprint density at radius 3 is 2.37 bits per heavy atom. The van der Waals surface area contributed by atoms with Crippen molar-refractivity contribution >= 4 is 27.5 Å². The minimum absolute atomic E-state index is 0.0582. The third-order valence-electron chi connectivity index (χ3n) is 2.72. The molecule has 0 saturated carbocycles. The molecule has 0 fully saturated rings. The van der Waals surface area contributed by atoms with Gasteiger partial charge in [-0.05, 0) is 37.1 Å². The zero-order chi connectivity index (χ0) is 13.9. The van der Waals surface area contributed by atoms with E-state index in [-0.39, 0.29) is 5.91 Å². The molecule has 1 rings (SSSR count). The van der Waals surface area contributed by atoms with Crippen molar-refractivity contribution in [1.29, 1.82) is 0 Å². The zero-order valence-corrected chi connectivity index (χ0v) is 13.0. The van der Waals surface area contributed by atoms with Gasteiger partial charge in [-0.25, -0.2) is 0 Å². The van der Waals surface area contributed by atoms with Gasteiger partial charge in [-0.15, -0.1) is 0 Å². The number of amides is 1. The number of ether oxygens (including phenoxy) is 1. The maximum atomic E-state index is 10.9. The maximum absolute atomic E-state index is 10.9. The van der Waals surface area contributed by atoms with Gasteiger partial charge in [0.25, 0.3) is 0 Å². The summed E-state index contributed by atoms with van der Waals surface area (Å²) in [6, 6.07) is 7.48. The number of halogens is 1. The lowest BCUT2D eigenvalue weighted by atomic mass is 10.2. The minimum Gasteiger partial charge on any atom is -0.494 e. The summed E-state index contributed by atoms with van der Waals surface area (Å²) >= 11 is 3.43. The lowest BCUT2D eigenvalue weighted by molar-refractivity contribution is -0.114. The third-order valence-corrected chi connectivity index (χ3v) is 3.28. The molecule has 1 amide bonds. The summed E-state index contributed by atoms with van der Waals surface area (Å²) in [5.74, 6) is 0.798. The van der Waals surface area contributed by atoms with Crippen LogP contribution in [0.5, 0.6) is 5.75 Å². The number of carbonyl (C=O) groups is 1. The van der Waals surface area contributed by atoms with Crippen molar-refractivity contribution in [3.8, 4) is 5.75 Å². The average Bonchev–Trinajstić information content (AvgIpc) is 2.39. The fourth-order valence-corrected chi connectivity index (χ4v) is 2.15. The van der Waals surface area contributed by atoms with Crippen molar-refractivity contribution in [1.82, 2.24) is 0 Å². The molecule has 1 N–H and O–H groups in total. The summed E-state index contributed by atoms with van der Waals surface area (Å²) in [5.41, 5.74) is 0.801. The first-order valence-electron chi connectivity index (χ1n) is 6.79. The molecule has 0 aliphatic carbocycles. The van der Waals surface area contributed by atoms with Gasteiger partial charge in [0, 0.05) is 17.9 Å². The molecule has 19 heavy (non-hydrogen) atoms. The Bertz CT molecular complexity index is 365. The summed E-state index contributed by atoms with van der Waals surface area (Å²) in [7, 11) is 0. The van der Waals surface area contributed by atoms with E-state index in [1.54, 1.807) is 0 Å². The van der Waals surface area contributed by atoms with Crippen molar-refractivity contribution in [2.24, 2.45) is 0 Å². The molecule has 3 nitrogen and oxygen atoms in total. The predicted molar refractivity (Wildman–Crippen MR) is 83.1 cm³/mol. The molecule has 106 valence electrons. The van der Waals surface area contributed by atoms with Crippen molar-refractivity contribution in [2.75, 3.05) is 17.3 Å². The summed E-state index contributed by atoms with van der Waals surface area (Å²) in [5, 5.41) is 3.83. The van der Waals surface area contributed by atoms with Crippen LogP contribution in [0.4, 0.5) is 5.69 Å². The maximum Gasteiger partial charge on any atom is 0.221 e. The molecule has 1 aromatic rings. The van der Waals surface area contributed by atoms with E-state index in [1.165, 1.54) is 32.6 Å². The number of benzene rings is 1. The topological polar surface area (TPSA) is 38.3 Å². The third kappa shape index (κ3) is 7.88. The van der Waals surface area contributed by atoms with E-state index in [9.17, 15) is 4.79 Å². The molecule has 0 aliphatic rings. The van der Waals surface area contributed by atoms with Crippen LogP contribution >= 0.6 is 15.9 Å². The van der Waals surface area contributed by atoms with Crippen LogP contribution in [-0.2, 0) is 4.79 Å². The van der Waals surface area contributed by atoms with Gasteiger partial charge < -0.3 is 10.1 Å². The Balaban J connectivity index is 2.14. The van der Waals surface area contributed by atoms with Crippen molar-refractivity contribution in [3.63, 3.8) is 0 Å². The fraction of sp³-hybridized carbons (Fsp3) is 0.533. The van der Waals surface area contributed by atoms with Gasteiger partial charge in [-0.1, -0.05) is 35.2 Å². The minimum atomic E-state index is -0.0582. The van der Waals surface area contributed by atoms with Gasteiger partial charge in [0.15, 0.2) is 0 Å². The van der Waals surface area contributed by atoms with Crippen molar-refractivity contribution in [2.45, 2.75) is 39.0 Å². The number of hydrogen-bond acceptors (Lipinski definition) is 2. The molecule has 1 aromatic carbocycles. The Labute approximate surface area is 123 Å². The quantitative estimate of drug-likeness (QED) is 0.540. The summed E-state index contributed by atoms with van der Waals surface area (Å²) in [6.07, 6.45) is 6.13. The number of nitrogens with one attached hydrogen (secondary N) is 1. The first-order valence-corrected chi connectivity index (χ1v) is 7.91. The van der Waals surface area contributed by atoms with Crippen LogP contribution in [0.3, 0.4) is 0 Å². The summed E-state index contributed by atoms with van der Waals surface area (Å²) in [4.78, 5) is 10.9. The van der Waals surface area contributed by atoms with Gasteiger partial charge >= 0.3 is 0 Å². The van der Waals surface area contributed by atoms with E-state index in [0.717, 1.165) is 29.8 Å². The van der Waals surface area contributed by atoms with E-state index >= 15 is 0 Å². The second kappa shape index (κ2) is 9.84. The van der Waals surface area contributed by atoms with Crippen LogP contribution in [0.15, 0.2) is 24.3 Å². The normalized spacial score (nSPS) is 10.2. The first kappa shape index (κ1) is 16.0. The molecule has 0 unspecified atom stereocenters. The largest absolute Gasteiger partial charge is 0.494 e. The van der Waals surface area contributed by atoms with Crippen LogP contribution in [0, 0.1) is 0 Å². The summed E-state index contributed by atoms with van der Waals surface area (Å²) < 4.78 is 5.65. The molecular weight excluding hydrogens is 306 g/mol. The standard InChI is InChI=1S/C15H22BrNO2/c1-13(18)17-14-7-9-15(10-8-14)19-12-6-4-2-3-5-11-16/h7-10H,2-6,11-12H2,1H3,(H,17,18). The number of anilines is 1. The second-order valence-corrected chi connectivity index (χ2v) is 5.30. The van der Waals surface area contributed by atoms with Crippen LogP contribution in [-0.4, -0.2) is 17.8 Å². The Hall–Kier alpha value is -1.03. The fourth-order valence-electron chi connectivity index (χ4n) is 1.75. The number of alkyl halides is 1. The highest BCUT2D eigenvalue weighted by molar-refractivity contribution is 9.09. The van der Waals surface area contributed by atoms with Gasteiger partial charge in [0.1, 0.15) is 5.75 Å². The summed E-state index contributed by atoms with van der Waals surface area (Å²) in [6.45, 7) is 2.26. The Morgan fingerprint density at radius 1 is 1.11 bits per heavy atom. The van der Waals surface area contributed by atoms with E-state index in [0.29, 0.717) is 0 Å². The van der Waals surface area contributed by atoms with E-state index < -0.39 is 0 Å². The molecule has 4 heteroatoms. The highest BCUT2D eigenvalue weighted by atomic mass is 79.9. The predicted octanol–water partition coefficient (Wildman–Crippen LogP) is 4.37. The number of carbonyl (C=O) groups excluding carboxylic acids is 1. The highest BCUT2D eigenvalue weighted by Crippen LogP contribution is 2.16. The van der Waals surface area contributed by atoms with Crippen molar-refractivity contribution < 1.29 is 9.53 Å². The zero-order valence-electron chi connectivity index (χ0n) is 11.5. The molecule has 0 bridgehead atoms. The van der Waals surface area contributed by atoms with Crippen molar-refractivity contribution in [3.05, 3.63) is 24.3 Å². The highest BCUT2D eigenvalue weighted by Gasteiger charge is 1.97. The van der Waals surface area contributed by atoms with Crippen LogP contribution < -0.4 is 10.1 Å². The van der Waals surface area contributed by atoms with E-state index in [4.69, 9.17) is 4.74 Å². The van der Waals surface area contributed by atoms with Gasteiger partial charge in [0.05, 0.1) is 6.61 Å². The Morgan fingerprint density at radius 2 is 1.74 bits per heavy atom. The molecule has 0 aliphatic heterocycles. The molecule has 0 atom stereocenters. The molecule has 0 spiro atoms. The van der Waals surface area contributed by atoms with E-state index in [2.05, 4.69) is 21.2 Å². The smallest absolute Gasteiger partial charge is 0.221 e. The number of rotatable bonds is 9. The van der Waals surface area contributed by atoms with Crippen LogP contribution in [0.1, 0.15) is 39.0 Å². The molecule has 0 aromatic heterocycles. The number of unbranched alkanes of at least 4 members (excludes halogenated alkanes) is 4. The monoisotopic (exact) mass is 327 g/mol. The van der Waals surface area contributed by atoms with Gasteiger partial charge in [0.2, 0.25) is 5.91 Å². The lowest BCUT2D eigenvalue weighted by Gasteiger charge is -2.07. The number of hydrogen-bond donors (Lipinski definition) is 1. The van der Waals surface area contributed by atoms with Crippen LogP contribution in [0.2, 0.25) is 0 Å². The second-order valence-electron chi connectivity index (χ2n) is 4.51.